The zero-order chi connectivity index (χ0) is 10.3. The molecule has 2 rings (SSSR count). The normalized spacial score (nSPS) is 30.4. The van der Waals surface area contributed by atoms with Crippen LogP contribution in [0.1, 0.15) is 6.92 Å². The summed E-state index contributed by atoms with van der Waals surface area (Å²) in [5.41, 5.74) is 1.07. The third-order valence-corrected chi connectivity index (χ3v) is 2.86. The van der Waals surface area contributed by atoms with Crippen LogP contribution in [0.25, 0.3) is 0 Å². The molecule has 0 saturated heterocycles. The topological polar surface area (TPSA) is 46.2 Å². The molecule has 0 aromatic rings. The van der Waals surface area contributed by atoms with Gasteiger partial charge >= 0.3 is 0 Å². The molecule has 3 nitrogen and oxygen atoms in total. The molecule has 0 saturated carbocycles. The molecular weight excluding hydrogens is 293 g/mol. The average molecular weight is 301 g/mol. The van der Waals surface area contributed by atoms with Gasteiger partial charge in [-0.05, 0) is 13.0 Å². The predicted octanol–water partition coefficient (Wildman–Crippen LogP) is 1.26. The minimum atomic E-state index is -0.540. The van der Waals surface area contributed by atoms with Crippen molar-refractivity contribution in [1.29, 1.82) is 0 Å². The highest BCUT2D eigenvalue weighted by Gasteiger charge is 2.30. The first kappa shape index (κ1) is 9.64. The molecule has 0 radical (unpaired) electrons. The van der Waals surface area contributed by atoms with Gasteiger partial charge in [-0.3, -0.25) is 9.59 Å². The molecule has 14 heavy (non-hydrogen) atoms. The Kier molecular flexibility index (Phi) is 2.10. The van der Waals surface area contributed by atoms with Crippen LogP contribution in [0.4, 0.5) is 0 Å². The number of halogens is 1. The molecule has 1 N–H and O–H groups in total. The minimum absolute atomic E-state index is 0.104. The lowest BCUT2D eigenvalue weighted by Gasteiger charge is -2.10. The third kappa shape index (κ3) is 1.54. The fourth-order valence-electron chi connectivity index (χ4n) is 1.34. The van der Waals surface area contributed by atoms with E-state index in [0.29, 0.717) is 11.3 Å². The fourth-order valence-corrected chi connectivity index (χ4v) is 1.70. The number of Topliss-reactive ketones (excluding diaryl/α,β-unsaturated/α-hetero) is 1. The molecule has 0 aromatic carbocycles. The van der Waals surface area contributed by atoms with E-state index < -0.39 is 11.7 Å². The van der Waals surface area contributed by atoms with E-state index in [1.54, 1.807) is 12.2 Å². The van der Waals surface area contributed by atoms with Gasteiger partial charge in [-0.1, -0.05) is 40.8 Å². The molecule has 0 aromatic heterocycles. The molecule has 1 atom stereocenters. The maximum absolute atomic E-state index is 11.3. The number of amides is 1. The van der Waals surface area contributed by atoms with E-state index in [-0.39, 0.29) is 3.42 Å². The Balaban J connectivity index is 2.45. The monoisotopic (exact) mass is 301 g/mol. The van der Waals surface area contributed by atoms with Gasteiger partial charge in [-0.25, -0.2) is 0 Å². The maximum atomic E-state index is 11.3. The molecular formula is C10H8INO2. The number of carbonyl (C=O) groups excluding carboxylic acids is 2. The average Bonchev–Trinajstić information content (AvgIpc) is 2.27. The molecule has 4 heteroatoms. The minimum Gasteiger partial charge on any atom is -0.318 e. The SMILES string of the molecule is CC1(I)C=CC2=C(C=C1)C(=O)C(=O)N2. The molecule has 1 amide bonds. The summed E-state index contributed by atoms with van der Waals surface area (Å²) < 4.78 is -0.104. The van der Waals surface area contributed by atoms with Crippen LogP contribution in [0.2, 0.25) is 0 Å². The Morgan fingerprint density at radius 3 is 2.64 bits per heavy atom. The fraction of sp³-hybridized carbons (Fsp3) is 0.200. The second kappa shape index (κ2) is 3.05. The lowest BCUT2D eigenvalue weighted by atomic mass is 10.1. The van der Waals surface area contributed by atoms with Crippen molar-refractivity contribution in [3.05, 3.63) is 35.6 Å². The Hall–Kier alpha value is -0.910. The largest absolute Gasteiger partial charge is 0.318 e. The van der Waals surface area contributed by atoms with E-state index in [1.807, 2.05) is 19.1 Å². The molecule has 1 aliphatic heterocycles. The number of nitrogens with one attached hydrogen (secondary N) is 1. The van der Waals surface area contributed by atoms with Crippen molar-refractivity contribution >= 4 is 34.3 Å². The van der Waals surface area contributed by atoms with Crippen LogP contribution in [-0.2, 0) is 9.59 Å². The van der Waals surface area contributed by atoms with Crippen LogP contribution in [0.15, 0.2) is 35.6 Å². The van der Waals surface area contributed by atoms with Crippen molar-refractivity contribution in [2.75, 3.05) is 0 Å². The summed E-state index contributed by atoms with van der Waals surface area (Å²) in [4.78, 5) is 22.4. The summed E-state index contributed by atoms with van der Waals surface area (Å²) in [5, 5.41) is 2.53. The lowest BCUT2D eigenvalue weighted by molar-refractivity contribution is -0.134. The summed E-state index contributed by atoms with van der Waals surface area (Å²) in [6.45, 7) is 2.02. The summed E-state index contributed by atoms with van der Waals surface area (Å²) in [5.74, 6) is -0.989. The van der Waals surface area contributed by atoms with Crippen molar-refractivity contribution < 1.29 is 9.59 Å². The zero-order valence-corrected chi connectivity index (χ0v) is 9.66. The highest BCUT2D eigenvalue weighted by Crippen LogP contribution is 2.28. The van der Waals surface area contributed by atoms with Crippen LogP contribution >= 0.6 is 22.6 Å². The van der Waals surface area contributed by atoms with Crippen LogP contribution in [0.5, 0.6) is 0 Å². The van der Waals surface area contributed by atoms with E-state index in [2.05, 4.69) is 27.9 Å². The van der Waals surface area contributed by atoms with E-state index in [0.717, 1.165) is 0 Å². The third-order valence-electron chi connectivity index (χ3n) is 2.14. The van der Waals surface area contributed by atoms with Gasteiger partial charge in [0.25, 0.3) is 11.7 Å². The Morgan fingerprint density at radius 2 is 1.93 bits per heavy atom. The van der Waals surface area contributed by atoms with Crippen LogP contribution in [0, 0.1) is 0 Å². The Morgan fingerprint density at radius 1 is 1.29 bits per heavy atom. The van der Waals surface area contributed by atoms with E-state index >= 15 is 0 Å². The van der Waals surface area contributed by atoms with Gasteiger partial charge < -0.3 is 5.32 Å². The van der Waals surface area contributed by atoms with Gasteiger partial charge in [0.05, 0.1) is 14.7 Å². The second-order valence-electron chi connectivity index (χ2n) is 3.43. The number of hydrogen-bond donors (Lipinski definition) is 1. The Labute approximate surface area is 95.1 Å². The molecule has 1 unspecified atom stereocenters. The number of carbonyl (C=O) groups is 2. The van der Waals surface area contributed by atoms with Crippen molar-refractivity contribution in [1.82, 2.24) is 5.32 Å². The lowest BCUT2D eigenvalue weighted by Crippen LogP contribution is -2.21. The molecule has 0 spiro atoms. The first-order valence-corrected chi connectivity index (χ1v) is 5.25. The van der Waals surface area contributed by atoms with E-state index in [1.165, 1.54) is 0 Å². The second-order valence-corrected chi connectivity index (χ2v) is 5.75. The first-order valence-electron chi connectivity index (χ1n) is 4.17. The number of rotatable bonds is 0. The number of alkyl halides is 1. The molecule has 0 fully saturated rings. The summed E-state index contributed by atoms with van der Waals surface area (Å²) in [6.07, 6.45) is 7.35. The van der Waals surface area contributed by atoms with Gasteiger partial charge in [0.2, 0.25) is 0 Å². The van der Waals surface area contributed by atoms with Gasteiger partial charge in [0.15, 0.2) is 0 Å². The van der Waals surface area contributed by atoms with Crippen molar-refractivity contribution in [3.63, 3.8) is 0 Å². The highest BCUT2D eigenvalue weighted by atomic mass is 127. The van der Waals surface area contributed by atoms with Gasteiger partial charge in [0.1, 0.15) is 0 Å². The number of hydrogen-bond acceptors (Lipinski definition) is 2. The van der Waals surface area contributed by atoms with Crippen molar-refractivity contribution in [2.45, 2.75) is 10.3 Å². The van der Waals surface area contributed by atoms with Gasteiger partial charge in [-0.15, -0.1) is 0 Å². The molecule has 0 bridgehead atoms. The number of allylic oxidation sites excluding steroid dienone is 4. The van der Waals surface area contributed by atoms with Gasteiger partial charge in [0, 0.05) is 0 Å². The molecule has 2 aliphatic rings. The standard InChI is InChI=1S/C10H8INO2/c1-10(11)4-2-6-7(3-5-10)12-9(14)8(6)13/h2-5H,1H3,(H,12,13,14). The van der Waals surface area contributed by atoms with Crippen LogP contribution in [0.3, 0.4) is 0 Å². The van der Waals surface area contributed by atoms with Crippen molar-refractivity contribution in [2.24, 2.45) is 0 Å². The van der Waals surface area contributed by atoms with Crippen LogP contribution in [-0.4, -0.2) is 15.1 Å². The molecule has 1 heterocycles. The smallest absolute Gasteiger partial charge is 0.296 e. The van der Waals surface area contributed by atoms with Gasteiger partial charge in [-0.2, -0.15) is 0 Å². The first-order chi connectivity index (χ1) is 6.49. The maximum Gasteiger partial charge on any atom is 0.296 e. The van der Waals surface area contributed by atoms with E-state index in [4.69, 9.17) is 0 Å². The van der Waals surface area contributed by atoms with Crippen LogP contribution < -0.4 is 5.32 Å². The number of ketones is 1. The molecule has 1 aliphatic carbocycles. The van der Waals surface area contributed by atoms with E-state index in [9.17, 15) is 9.59 Å². The summed E-state index contributed by atoms with van der Waals surface area (Å²) in [6, 6.07) is 0. The highest BCUT2D eigenvalue weighted by molar-refractivity contribution is 14.1. The molecule has 72 valence electrons. The Bertz CT molecular complexity index is 416. The quantitative estimate of drug-likeness (QED) is 0.416. The zero-order valence-electron chi connectivity index (χ0n) is 7.50. The predicted molar refractivity (Wildman–Crippen MR) is 60.9 cm³/mol. The summed E-state index contributed by atoms with van der Waals surface area (Å²) in [7, 11) is 0. The van der Waals surface area contributed by atoms with Crippen molar-refractivity contribution in [3.8, 4) is 0 Å². The summed E-state index contributed by atoms with van der Waals surface area (Å²) >= 11 is 2.26.